The lowest BCUT2D eigenvalue weighted by atomic mass is 9.77. The van der Waals surface area contributed by atoms with Crippen molar-refractivity contribution < 1.29 is 9.32 Å². The summed E-state index contributed by atoms with van der Waals surface area (Å²) in [5, 5.41) is 7.72. The maximum Gasteiger partial charge on any atom is 0.317 e. The molecule has 2 aliphatic carbocycles. The van der Waals surface area contributed by atoms with Crippen molar-refractivity contribution in [3.05, 3.63) is 53.2 Å². The number of allylic oxidation sites excluding steroid dienone is 1. The second-order valence-electron chi connectivity index (χ2n) is 10.7. The van der Waals surface area contributed by atoms with Crippen LogP contribution < -0.4 is 5.32 Å². The molecular weight excluding hydrogens is 412 g/mol. The number of carbonyl (C=O) groups is 1. The SMILES string of the molecule is CC(C)c1ccc(C2=CCCCC2NC(=O)N2CCC(C)(c3cc(C4CC4)on3)CC2)cn1. The van der Waals surface area contributed by atoms with Crippen molar-refractivity contribution in [2.75, 3.05) is 13.1 Å². The van der Waals surface area contributed by atoms with Gasteiger partial charge in [0.05, 0.1) is 11.7 Å². The zero-order chi connectivity index (χ0) is 23.0. The summed E-state index contributed by atoms with van der Waals surface area (Å²) in [4.78, 5) is 19.8. The van der Waals surface area contributed by atoms with E-state index in [4.69, 9.17) is 4.52 Å². The molecule has 2 fully saturated rings. The molecule has 5 rings (SSSR count). The fourth-order valence-electron chi connectivity index (χ4n) is 5.10. The van der Waals surface area contributed by atoms with Crippen LogP contribution in [0.4, 0.5) is 4.79 Å². The minimum atomic E-state index is -0.0207. The molecule has 2 amide bonds. The van der Waals surface area contributed by atoms with Gasteiger partial charge in [-0.05, 0) is 68.1 Å². The highest BCUT2D eigenvalue weighted by molar-refractivity contribution is 5.80. The Balaban J connectivity index is 1.21. The van der Waals surface area contributed by atoms with Crippen molar-refractivity contribution in [1.82, 2.24) is 20.4 Å². The molecule has 1 aliphatic heterocycles. The molecule has 0 bridgehead atoms. The summed E-state index contributed by atoms with van der Waals surface area (Å²) in [7, 11) is 0. The monoisotopic (exact) mass is 448 g/mol. The predicted octanol–water partition coefficient (Wildman–Crippen LogP) is 5.77. The molecule has 2 aromatic rings. The number of hydrogen-bond donors (Lipinski definition) is 1. The summed E-state index contributed by atoms with van der Waals surface area (Å²) in [5.41, 5.74) is 4.46. The van der Waals surface area contributed by atoms with Crippen LogP contribution in [0.2, 0.25) is 0 Å². The van der Waals surface area contributed by atoms with Gasteiger partial charge >= 0.3 is 6.03 Å². The Morgan fingerprint density at radius 1 is 1.21 bits per heavy atom. The van der Waals surface area contributed by atoms with E-state index in [1.54, 1.807) is 0 Å². The molecule has 2 aromatic heterocycles. The molecule has 1 saturated heterocycles. The summed E-state index contributed by atoms with van der Waals surface area (Å²) in [6.07, 6.45) is 11.6. The average Bonchev–Trinajstić information content (AvgIpc) is 3.55. The maximum absolute atomic E-state index is 13.2. The smallest absolute Gasteiger partial charge is 0.317 e. The second kappa shape index (κ2) is 8.96. The van der Waals surface area contributed by atoms with Crippen molar-refractivity contribution in [3.8, 4) is 0 Å². The zero-order valence-corrected chi connectivity index (χ0v) is 20.1. The molecule has 3 aliphatic rings. The van der Waals surface area contributed by atoms with Gasteiger partial charge in [0.1, 0.15) is 5.76 Å². The third-order valence-electron chi connectivity index (χ3n) is 7.73. The Morgan fingerprint density at radius 3 is 2.67 bits per heavy atom. The first-order chi connectivity index (χ1) is 15.9. The number of urea groups is 1. The lowest BCUT2D eigenvalue weighted by Gasteiger charge is -2.39. The van der Waals surface area contributed by atoms with Gasteiger partial charge in [0.25, 0.3) is 0 Å². The summed E-state index contributed by atoms with van der Waals surface area (Å²) >= 11 is 0. The van der Waals surface area contributed by atoms with Crippen molar-refractivity contribution in [2.45, 2.75) is 89.0 Å². The summed E-state index contributed by atoms with van der Waals surface area (Å²) < 4.78 is 5.60. The molecule has 33 heavy (non-hydrogen) atoms. The topological polar surface area (TPSA) is 71.3 Å². The summed E-state index contributed by atoms with van der Waals surface area (Å²) in [5.74, 6) is 2.03. The van der Waals surface area contributed by atoms with E-state index in [1.807, 2.05) is 11.1 Å². The fourth-order valence-corrected chi connectivity index (χ4v) is 5.10. The Bertz CT molecular complexity index is 1010. The van der Waals surface area contributed by atoms with E-state index in [9.17, 15) is 4.79 Å². The Morgan fingerprint density at radius 2 is 2.00 bits per heavy atom. The molecule has 1 unspecified atom stereocenters. The lowest BCUT2D eigenvalue weighted by molar-refractivity contribution is 0.158. The zero-order valence-electron chi connectivity index (χ0n) is 20.1. The van der Waals surface area contributed by atoms with E-state index in [1.165, 1.54) is 18.4 Å². The minimum absolute atomic E-state index is 0.0207. The average molecular weight is 449 g/mol. The van der Waals surface area contributed by atoms with Crippen molar-refractivity contribution in [3.63, 3.8) is 0 Å². The number of hydrogen-bond acceptors (Lipinski definition) is 4. The minimum Gasteiger partial charge on any atom is -0.361 e. The standard InChI is InChI=1S/C27H36N4O2/c1-18(2)22-11-10-20(17-28-22)21-6-4-5-7-23(21)29-26(32)31-14-12-27(3,13-15-31)25-16-24(33-30-25)19-8-9-19/h6,10-11,16-19,23H,4-5,7-9,12-15H2,1-3H3,(H,29,32). The molecule has 3 heterocycles. The van der Waals surface area contributed by atoms with Gasteiger partial charge in [0, 0.05) is 42.4 Å². The molecule has 176 valence electrons. The van der Waals surface area contributed by atoms with Gasteiger partial charge in [-0.3, -0.25) is 4.98 Å². The molecule has 6 heteroatoms. The number of rotatable bonds is 5. The molecule has 1 N–H and O–H groups in total. The van der Waals surface area contributed by atoms with Crippen molar-refractivity contribution in [1.29, 1.82) is 0 Å². The highest BCUT2D eigenvalue weighted by Crippen LogP contribution is 2.43. The summed E-state index contributed by atoms with van der Waals surface area (Å²) in [6.45, 7) is 8.05. The van der Waals surface area contributed by atoms with E-state index in [0.717, 1.165) is 67.9 Å². The fraction of sp³-hybridized carbons (Fsp3) is 0.593. The van der Waals surface area contributed by atoms with E-state index >= 15 is 0 Å². The van der Waals surface area contributed by atoms with E-state index in [2.05, 4.69) is 60.5 Å². The van der Waals surface area contributed by atoms with Gasteiger partial charge in [-0.15, -0.1) is 0 Å². The molecule has 0 aromatic carbocycles. The quantitative estimate of drug-likeness (QED) is 0.630. The van der Waals surface area contributed by atoms with Crippen molar-refractivity contribution in [2.24, 2.45) is 0 Å². The van der Waals surface area contributed by atoms with Gasteiger partial charge in [-0.25, -0.2) is 4.79 Å². The highest BCUT2D eigenvalue weighted by Gasteiger charge is 2.38. The van der Waals surface area contributed by atoms with Gasteiger partial charge in [0.2, 0.25) is 0 Å². The van der Waals surface area contributed by atoms with Crippen molar-refractivity contribution >= 4 is 11.6 Å². The van der Waals surface area contributed by atoms with Crippen LogP contribution in [0.3, 0.4) is 0 Å². The Hall–Kier alpha value is -2.63. The van der Waals surface area contributed by atoms with Crippen LogP contribution in [0.5, 0.6) is 0 Å². The number of likely N-dealkylation sites (tertiary alicyclic amines) is 1. The van der Waals surface area contributed by atoms with E-state index < -0.39 is 0 Å². The van der Waals surface area contributed by atoms with Crippen LogP contribution in [0.1, 0.15) is 100 Å². The maximum atomic E-state index is 13.2. The highest BCUT2D eigenvalue weighted by atomic mass is 16.5. The van der Waals surface area contributed by atoms with Gasteiger partial charge in [0.15, 0.2) is 0 Å². The molecule has 6 nitrogen and oxygen atoms in total. The predicted molar refractivity (Wildman–Crippen MR) is 129 cm³/mol. The normalized spacial score (nSPS) is 22.8. The number of nitrogens with zero attached hydrogens (tertiary/aromatic N) is 3. The number of pyridine rings is 1. The van der Waals surface area contributed by atoms with Gasteiger partial charge < -0.3 is 14.7 Å². The third-order valence-corrected chi connectivity index (χ3v) is 7.73. The molecule has 0 spiro atoms. The second-order valence-corrected chi connectivity index (χ2v) is 10.7. The Labute approximate surface area is 196 Å². The third kappa shape index (κ3) is 4.71. The molecular formula is C27H36N4O2. The number of piperidine rings is 1. The van der Waals surface area contributed by atoms with Gasteiger partial charge in [-0.2, -0.15) is 0 Å². The number of nitrogens with one attached hydrogen (secondary N) is 1. The van der Waals surface area contributed by atoms with Crippen LogP contribution >= 0.6 is 0 Å². The first kappa shape index (κ1) is 22.2. The molecule has 1 saturated carbocycles. The number of aromatic nitrogens is 2. The van der Waals surface area contributed by atoms with Crippen LogP contribution in [-0.4, -0.2) is 40.2 Å². The molecule has 0 radical (unpaired) electrons. The first-order valence-corrected chi connectivity index (χ1v) is 12.6. The van der Waals surface area contributed by atoms with Crippen LogP contribution in [0.25, 0.3) is 5.57 Å². The molecule has 1 atom stereocenters. The van der Waals surface area contributed by atoms with E-state index in [-0.39, 0.29) is 17.5 Å². The van der Waals surface area contributed by atoms with Gasteiger partial charge in [-0.1, -0.05) is 38.1 Å². The number of amides is 2. The first-order valence-electron chi connectivity index (χ1n) is 12.6. The number of carbonyl (C=O) groups excluding carboxylic acids is 1. The van der Waals surface area contributed by atoms with E-state index in [0.29, 0.717) is 11.8 Å². The van der Waals surface area contributed by atoms with Crippen LogP contribution in [0, 0.1) is 0 Å². The summed E-state index contributed by atoms with van der Waals surface area (Å²) in [6, 6.07) is 6.51. The van der Waals surface area contributed by atoms with Crippen LogP contribution in [-0.2, 0) is 5.41 Å². The lowest BCUT2D eigenvalue weighted by Crippen LogP contribution is -2.50. The largest absolute Gasteiger partial charge is 0.361 e. The van der Waals surface area contributed by atoms with Crippen LogP contribution in [0.15, 0.2) is 35.0 Å². The Kier molecular flexibility index (Phi) is 6.02.